The number of benzene rings is 2. The number of aromatic carboxylic acids is 1. The lowest BCUT2D eigenvalue weighted by molar-refractivity contribution is 0.0697. The lowest BCUT2D eigenvalue weighted by atomic mass is 9.85. The minimum Gasteiger partial charge on any atom is -0.478 e. The van der Waals surface area contributed by atoms with E-state index >= 15 is 0 Å². The highest BCUT2D eigenvalue weighted by molar-refractivity contribution is 5.87. The quantitative estimate of drug-likeness (QED) is 0.616. The summed E-state index contributed by atoms with van der Waals surface area (Å²) in [7, 11) is 0. The molecule has 156 valence electrons. The van der Waals surface area contributed by atoms with Gasteiger partial charge >= 0.3 is 5.97 Å². The van der Waals surface area contributed by atoms with Crippen LogP contribution in [0.2, 0.25) is 0 Å². The number of nitrogens with zero attached hydrogens (tertiary/aromatic N) is 1. The van der Waals surface area contributed by atoms with Crippen molar-refractivity contribution in [1.29, 1.82) is 0 Å². The Morgan fingerprint density at radius 1 is 1.13 bits per heavy atom. The Hall–Kier alpha value is -2.94. The maximum absolute atomic E-state index is 11.0. The van der Waals surface area contributed by atoms with E-state index in [4.69, 9.17) is 11.7 Å². The van der Waals surface area contributed by atoms with Crippen molar-refractivity contribution >= 4 is 12.0 Å². The Bertz CT molecular complexity index is 941. The van der Waals surface area contributed by atoms with Crippen molar-refractivity contribution in [2.75, 3.05) is 0 Å². The Kier molecular flexibility index (Phi) is 6.71. The molecule has 30 heavy (non-hydrogen) atoms. The third kappa shape index (κ3) is 4.62. The Balaban J connectivity index is 1.85. The highest BCUT2D eigenvalue weighted by Crippen LogP contribution is 2.43. The molecule has 3 N–H and O–H groups in total. The number of hydrogen-bond donors (Lipinski definition) is 3. The van der Waals surface area contributed by atoms with Crippen molar-refractivity contribution < 1.29 is 20.1 Å². The zero-order chi connectivity index (χ0) is 21.8. The SMILES string of the molecule is [C-]#[N+][C@@H]1C[C@@H](O)C(c2ccc(C(O)C(C)C)cc2)C1/C=C/c1ccc(C(=O)O)cc1. The molecule has 1 aliphatic carbocycles. The van der Waals surface area contributed by atoms with Crippen molar-refractivity contribution in [3.63, 3.8) is 0 Å². The molecule has 3 rings (SSSR count). The number of aliphatic hydroxyl groups excluding tert-OH is 2. The molecule has 5 atom stereocenters. The molecule has 0 amide bonds. The highest BCUT2D eigenvalue weighted by atomic mass is 16.4. The summed E-state index contributed by atoms with van der Waals surface area (Å²) in [6.45, 7) is 11.5. The van der Waals surface area contributed by atoms with Gasteiger partial charge in [-0.2, -0.15) is 0 Å². The summed E-state index contributed by atoms with van der Waals surface area (Å²) >= 11 is 0. The smallest absolute Gasteiger partial charge is 0.335 e. The summed E-state index contributed by atoms with van der Waals surface area (Å²) in [4.78, 5) is 14.7. The average Bonchev–Trinajstić information content (AvgIpc) is 3.07. The predicted molar refractivity (Wildman–Crippen MR) is 116 cm³/mol. The van der Waals surface area contributed by atoms with Gasteiger partial charge in [0, 0.05) is 12.3 Å². The Morgan fingerprint density at radius 3 is 2.30 bits per heavy atom. The molecule has 1 saturated carbocycles. The largest absolute Gasteiger partial charge is 0.478 e. The third-order valence-corrected chi connectivity index (χ3v) is 5.89. The summed E-state index contributed by atoms with van der Waals surface area (Å²) in [5, 5.41) is 30.0. The molecule has 1 aliphatic rings. The summed E-state index contributed by atoms with van der Waals surface area (Å²) in [5.74, 6) is -1.22. The van der Waals surface area contributed by atoms with E-state index < -0.39 is 18.2 Å². The van der Waals surface area contributed by atoms with Gasteiger partial charge in [-0.1, -0.05) is 62.4 Å². The molecule has 2 aromatic carbocycles. The minimum absolute atomic E-state index is 0.114. The van der Waals surface area contributed by atoms with Crippen LogP contribution in [0.3, 0.4) is 0 Å². The van der Waals surface area contributed by atoms with Gasteiger partial charge < -0.3 is 20.2 Å². The van der Waals surface area contributed by atoms with Crippen LogP contribution in [0.25, 0.3) is 10.9 Å². The van der Waals surface area contributed by atoms with E-state index in [1.807, 2.05) is 50.3 Å². The van der Waals surface area contributed by atoms with E-state index in [0.717, 1.165) is 16.7 Å². The summed E-state index contributed by atoms with van der Waals surface area (Å²) in [6.07, 6.45) is 3.10. The molecule has 0 aromatic heterocycles. The van der Waals surface area contributed by atoms with Crippen LogP contribution >= 0.6 is 0 Å². The molecular formula is C25H27NO4. The van der Waals surface area contributed by atoms with Crippen LogP contribution in [-0.2, 0) is 0 Å². The van der Waals surface area contributed by atoms with Gasteiger partial charge in [-0.05, 0) is 34.7 Å². The Labute approximate surface area is 177 Å². The number of rotatable bonds is 6. The first kappa shape index (κ1) is 21.8. The molecule has 2 aromatic rings. The van der Waals surface area contributed by atoms with Crippen molar-refractivity contribution in [3.8, 4) is 0 Å². The molecule has 0 aliphatic heterocycles. The van der Waals surface area contributed by atoms with E-state index in [2.05, 4.69) is 4.85 Å². The maximum Gasteiger partial charge on any atom is 0.335 e. The van der Waals surface area contributed by atoms with Gasteiger partial charge in [0.05, 0.1) is 23.7 Å². The second-order valence-corrected chi connectivity index (χ2v) is 8.24. The summed E-state index contributed by atoms with van der Waals surface area (Å²) in [6, 6.07) is 13.9. The van der Waals surface area contributed by atoms with E-state index in [1.165, 1.54) is 0 Å². The average molecular weight is 405 g/mol. The van der Waals surface area contributed by atoms with Crippen LogP contribution in [0.4, 0.5) is 0 Å². The third-order valence-electron chi connectivity index (χ3n) is 5.89. The number of carbonyl (C=O) groups is 1. The zero-order valence-electron chi connectivity index (χ0n) is 17.1. The van der Waals surface area contributed by atoms with Gasteiger partial charge in [0.15, 0.2) is 0 Å². The number of carboxylic acid groups (broad SMARTS) is 1. The monoisotopic (exact) mass is 405 g/mol. The van der Waals surface area contributed by atoms with Gasteiger partial charge in [0.25, 0.3) is 0 Å². The molecular weight excluding hydrogens is 378 g/mol. The van der Waals surface area contributed by atoms with Crippen LogP contribution < -0.4 is 0 Å². The van der Waals surface area contributed by atoms with E-state index in [-0.39, 0.29) is 29.4 Å². The van der Waals surface area contributed by atoms with Crippen LogP contribution in [-0.4, -0.2) is 33.4 Å². The van der Waals surface area contributed by atoms with Gasteiger partial charge in [0.2, 0.25) is 6.04 Å². The minimum atomic E-state index is -0.969. The van der Waals surface area contributed by atoms with Crippen molar-refractivity contribution in [2.45, 2.75) is 44.4 Å². The van der Waals surface area contributed by atoms with E-state index in [1.54, 1.807) is 24.3 Å². The summed E-state index contributed by atoms with van der Waals surface area (Å²) < 4.78 is 0. The molecule has 1 fully saturated rings. The lowest BCUT2D eigenvalue weighted by Crippen LogP contribution is -2.17. The van der Waals surface area contributed by atoms with E-state index in [0.29, 0.717) is 6.42 Å². The lowest BCUT2D eigenvalue weighted by Gasteiger charge is -2.21. The fourth-order valence-electron chi connectivity index (χ4n) is 4.14. The summed E-state index contributed by atoms with van der Waals surface area (Å²) in [5.41, 5.74) is 2.86. The molecule has 5 heteroatoms. The van der Waals surface area contributed by atoms with Crippen LogP contribution in [0, 0.1) is 18.4 Å². The van der Waals surface area contributed by atoms with Crippen molar-refractivity contribution in [2.24, 2.45) is 11.8 Å². The highest BCUT2D eigenvalue weighted by Gasteiger charge is 2.46. The normalized spacial score (nSPS) is 24.8. The van der Waals surface area contributed by atoms with Crippen LogP contribution in [0.1, 0.15) is 59.3 Å². The van der Waals surface area contributed by atoms with Gasteiger partial charge in [-0.25, -0.2) is 11.4 Å². The fourth-order valence-corrected chi connectivity index (χ4v) is 4.14. The van der Waals surface area contributed by atoms with Gasteiger partial charge in [0.1, 0.15) is 0 Å². The molecule has 5 nitrogen and oxygen atoms in total. The van der Waals surface area contributed by atoms with Crippen LogP contribution in [0.15, 0.2) is 54.6 Å². The topological polar surface area (TPSA) is 82.1 Å². The first-order valence-electron chi connectivity index (χ1n) is 10.2. The molecule has 0 bridgehead atoms. The van der Waals surface area contributed by atoms with Crippen molar-refractivity contribution in [1.82, 2.24) is 0 Å². The standard InChI is InChI=1S/C25H27NO4/c1-15(2)24(28)18-11-9-17(10-12-18)23-20(21(26-3)14-22(23)27)13-6-16-4-7-19(8-5-16)25(29)30/h4-13,15,20-24,27-28H,14H2,1-2H3,(H,29,30)/b13-6+/t20?,21-,22-,23?,24?/m1/s1. The fraction of sp³-hybridized carbons (Fsp3) is 0.360. The first-order valence-corrected chi connectivity index (χ1v) is 10.2. The number of hydrogen-bond acceptors (Lipinski definition) is 3. The number of aliphatic hydroxyl groups is 2. The second kappa shape index (κ2) is 9.25. The molecule has 0 heterocycles. The van der Waals surface area contributed by atoms with Crippen LogP contribution in [0.5, 0.6) is 0 Å². The van der Waals surface area contributed by atoms with Gasteiger partial charge in [-0.15, -0.1) is 0 Å². The van der Waals surface area contributed by atoms with Crippen molar-refractivity contribution in [3.05, 3.63) is 88.3 Å². The van der Waals surface area contributed by atoms with E-state index in [9.17, 15) is 15.0 Å². The molecule has 3 unspecified atom stereocenters. The van der Waals surface area contributed by atoms with Gasteiger partial charge in [-0.3, -0.25) is 0 Å². The predicted octanol–water partition coefficient (Wildman–Crippen LogP) is 4.54. The zero-order valence-corrected chi connectivity index (χ0v) is 17.1. The second-order valence-electron chi connectivity index (χ2n) is 8.24. The number of carboxylic acids is 1. The molecule has 0 spiro atoms. The molecule has 0 saturated heterocycles. The maximum atomic E-state index is 11.0. The first-order chi connectivity index (χ1) is 14.3. The Morgan fingerprint density at radius 2 is 1.77 bits per heavy atom. The molecule has 0 radical (unpaired) electrons.